The Morgan fingerprint density at radius 1 is 0.667 bits per heavy atom. The summed E-state index contributed by atoms with van der Waals surface area (Å²) in [6.45, 7) is 0. The van der Waals surface area contributed by atoms with Gasteiger partial charge in [-0.05, 0) is 40.1 Å². The van der Waals surface area contributed by atoms with Crippen LogP contribution in [0.3, 0.4) is 0 Å². The van der Waals surface area contributed by atoms with Gasteiger partial charge in [-0.15, -0.1) is 0 Å². The first-order chi connectivity index (χ1) is 13.3. The highest BCUT2D eigenvalue weighted by molar-refractivity contribution is 6.29. The number of carbonyl (C=O) groups is 1. The summed E-state index contributed by atoms with van der Waals surface area (Å²) >= 11 is 0. The lowest BCUT2D eigenvalue weighted by Gasteiger charge is -2.11. The van der Waals surface area contributed by atoms with E-state index in [1.807, 2.05) is 103 Å². The lowest BCUT2D eigenvalue weighted by Crippen LogP contribution is -2.13. The molecule has 4 aromatic rings. The van der Waals surface area contributed by atoms with Crippen LogP contribution in [0, 0.1) is 0 Å². The minimum Gasteiger partial charge on any atom is -0.322 e. The van der Waals surface area contributed by atoms with Gasteiger partial charge in [0.15, 0.2) is 0 Å². The van der Waals surface area contributed by atoms with Crippen molar-refractivity contribution in [3.8, 4) is 0 Å². The minimum atomic E-state index is -0.125. The summed E-state index contributed by atoms with van der Waals surface area (Å²) in [5, 5.41) is 5.30. The number of nitrogens with one attached hydrogen (secondary N) is 1. The second kappa shape index (κ2) is 7.71. The highest BCUT2D eigenvalue weighted by Crippen LogP contribution is 2.23. The molecule has 0 spiro atoms. The van der Waals surface area contributed by atoms with Crippen LogP contribution >= 0.6 is 0 Å². The summed E-state index contributed by atoms with van der Waals surface area (Å²) < 4.78 is 0. The molecule has 0 aliphatic heterocycles. The van der Waals surface area contributed by atoms with Gasteiger partial charge in [-0.1, -0.05) is 91.0 Å². The van der Waals surface area contributed by atoms with Crippen molar-refractivity contribution < 1.29 is 4.79 Å². The third-order valence-corrected chi connectivity index (χ3v) is 4.45. The Kier molecular flexibility index (Phi) is 4.80. The Bertz CT molecular complexity index is 1100. The average molecular weight is 349 g/mol. The fourth-order valence-electron chi connectivity index (χ4n) is 3.08. The number of benzene rings is 4. The standard InChI is InChI=1S/C25H19NO/c27-25(26-23-16-15-20-11-7-8-14-22(20)18-23)24(21-12-5-2-6-13-21)17-19-9-3-1-4-10-19/h1-18H,(H,26,27)/b24-17+. The Balaban J connectivity index is 1.68. The van der Waals surface area contributed by atoms with E-state index < -0.39 is 0 Å². The second-order valence-electron chi connectivity index (χ2n) is 6.35. The highest BCUT2D eigenvalue weighted by Gasteiger charge is 2.12. The van der Waals surface area contributed by atoms with Crippen molar-refractivity contribution in [2.24, 2.45) is 0 Å². The summed E-state index contributed by atoms with van der Waals surface area (Å²) in [5.41, 5.74) is 3.30. The van der Waals surface area contributed by atoms with Crippen molar-refractivity contribution in [2.75, 3.05) is 5.32 Å². The maximum Gasteiger partial charge on any atom is 0.256 e. The molecular weight excluding hydrogens is 330 g/mol. The normalized spacial score (nSPS) is 11.3. The topological polar surface area (TPSA) is 29.1 Å². The molecule has 0 aliphatic rings. The number of carbonyl (C=O) groups excluding carboxylic acids is 1. The lowest BCUT2D eigenvalue weighted by molar-refractivity contribution is -0.111. The van der Waals surface area contributed by atoms with E-state index in [1.165, 1.54) is 0 Å². The maximum atomic E-state index is 13.1. The summed E-state index contributed by atoms with van der Waals surface area (Å²) in [7, 11) is 0. The van der Waals surface area contributed by atoms with Crippen molar-refractivity contribution in [3.05, 3.63) is 114 Å². The van der Waals surface area contributed by atoms with E-state index in [0.29, 0.717) is 5.57 Å². The van der Waals surface area contributed by atoms with Crippen LogP contribution in [0.25, 0.3) is 22.4 Å². The van der Waals surface area contributed by atoms with E-state index in [4.69, 9.17) is 0 Å². The summed E-state index contributed by atoms with van der Waals surface area (Å²) in [6.07, 6.45) is 1.92. The molecule has 0 bridgehead atoms. The van der Waals surface area contributed by atoms with E-state index in [0.717, 1.165) is 27.6 Å². The third-order valence-electron chi connectivity index (χ3n) is 4.45. The lowest BCUT2D eigenvalue weighted by atomic mass is 10.0. The molecule has 1 amide bonds. The molecular formula is C25H19NO. The average Bonchev–Trinajstić information content (AvgIpc) is 2.73. The Hall–Kier alpha value is -3.65. The maximum absolute atomic E-state index is 13.1. The number of hydrogen-bond donors (Lipinski definition) is 1. The van der Waals surface area contributed by atoms with Crippen LogP contribution in [-0.4, -0.2) is 5.91 Å². The quantitative estimate of drug-likeness (QED) is 0.354. The highest BCUT2D eigenvalue weighted by atomic mass is 16.1. The summed E-state index contributed by atoms with van der Waals surface area (Å²) in [4.78, 5) is 13.1. The number of amides is 1. The van der Waals surface area contributed by atoms with Gasteiger partial charge in [-0.25, -0.2) is 0 Å². The van der Waals surface area contributed by atoms with Crippen LogP contribution in [0.15, 0.2) is 103 Å². The summed E-state index contributed by atoms with van der Waals surface area (Å²) in [6, 6.07) is 33.7. The number of hydrogen-bond acceptors (Lipinski definition) is 1. The molecule has 2 heteroatoms. The fourth-order valence-corrected chi connectivity index (χ4v) is 3.08. The number of anilines is 1. The molecule has 4 aromatic carbocycles. The molecule has 0 fully saturated rings. The Labute approximate surface area is 158 Å². The molecule has 1 N–H and O–H groups in total. The molecule has 0 heterocycles. The van der Waals surface area contributed by atoms with Gasteiger partial charge < -0.3 is 5.32 Å². The molecule has 4 rings (SSSR count). The molecule has 130 valence electrons. The first-order valence-electron chi connectivity index (χ1n) is 8.92. The van der Waals surface area contributed by atoms with E-state index in [2.05, 4.69) is 11.4 Å². The van der Waals surface area contributed by atoms with Crippen LogP contribution in [0.2, 0.25) is 0 Å². The van der Waals surface area contributed by atoms with E-state index in [9.17, 15) is 4.79 Å². The largest absolute Gasteiger partial charge is 0.322 e. The third kappa shape index (κ3) is 3.96. The van der Waals surface area contributed by atoms with E-state index in [-0.39, 0.29) is 5.91 Å². The fraction of sp³-hybridized carbons (Fsp3) is 0. The molecule has 2 nitrogen and oxygen atoms in total. The SMILES string of the molecule is O=C(Nc1ccc2ccccc2c1)/C(=C/c1ccccc1)c1ccccc1. The van der Waals surface area contributed by atoms with Crippen LogP contribution < -0.4 is 5.32 Å². The molecule has 0 radical (unpaired) electrons. The van der Waals surface area contributed by atoms with Gasteiger partial charge in [0.25, 0.3) is 5.91 Å². The molecule has 0 atom stereocenters. The molecule has 0 saturated heterocycles. The molecule has 0 aliphatic carbocycles. The van der Waals surface area contributed by atoms with Gasteiger partial charge in [0.05, 0.1) is 0 Å². The van der Waals surface area contributed by atoms with Crippen molar-refractivity contribution in [3.63, 3.8) is 0 Å². The van der Waals surface area contributed by atoms with Gasteiger partial charge in [0, 0.05) is 11.3 Å². The molecule has 0 saturated carbocycles. The number of fused-ring (bicyclic) bond motifs is 1. The molecule has 0 aromatic heterocycles. The van der Waals surface area contributed by atoms with Crippen molar-refractivity contribution in [1.82, 2.24) is 0 Å². The monoisotopic (exact) mass is 349 g/mol. The summed E-state index contributed by atoms with van der Waals surface area (Å²) in [5.74, 6) is -0.125. The zero-order valence-corrected chi connectivity index (χ0v) is 14.8. The van der Waals surface area contributed by atoms with Crippen LogP contribution in [0.1, 0.15) is 11.1 Å². The smallest absolute Gasteiger partial charge is 0.256 e. The van der Waals surface area contributed by atoms with Gasteiger partial charge >= 0.3 is 0 Å². The van der Waals surface area contributed by atoms with Crippen LogP contribution in [0.4, 0.5) is 5.69 Å². The van der Waals surface area contributed by atoms with Crippen molar-refractivity contribution in [2.45, 2.75) is 0 Å². The second-order valence-corrected chi connectivity index (χ2v) is 6.35. The van der Waals surface area contributed by atoms with E-state index >= 15 is 0 Å². The van der Waals surface area contributed by atoms with Gasteiger partial charge in [0.1, 0.15) is 0 Å². The molecule has 27 heavy (non-hydrogen) atoms. The van der Waals surface area contributed by atoms with Crippen molar-refractivity contribution in [1.29, 1.82) is 0 Å². The van der Waals surface area contributed by atoms with E-state index in [1.54, 1.807) is 0 Å². The predicted octanol–water partition coefficient (Wildman–Crippen LogP) is 6.02. The minimum absolute atomic E-state index is 0.125. The first-order valence-corrected chi connectivity index (χ1v) is 8.92. The van der Waals surface area contributed by atoms with Crippen molar-refractivity contribution >= 4 is 34.0 Å². The zero-order valence-electron chi connectivity index (χ0n) is 14.8. The number of rotatable bonds is 4. The molecule has 0 unspecified atom stereocenters. The first kappa shape index (κ1) is 16.8. The zero-order chi connectivity index (χ0) is 18.5. The van der Waals surface area contributed by atoms with Crippen LogP contribution in [-0.2, 0) is 4.79 Å². The van der Waals surface area contributed by atoms with Gasteiger partial charge in [0.2, 0.25) is 0 Å². The predicted molar refractivity (Wildman–Crippen MR) is 113 cm³/mol. The van der Waals surface area contributed by atoms with Gasteiger partial charge in [-0.2, -0.15) is 0 Å². The Morgan fingerprint density at radius 2 is 1.30 bits per heavy atom. The Morgan fingerprint density at radius 3 is 2.04 bits per heavy atom. The van der Waals surface area contributed by atoms with Gasteiger partial charge in [-0.3, -0.25) is 4.79 Å². The van der Waals surface area contributed by atoms with Crippen LogP contribution in [0.5, 0.6) is 0 Å².